The first-order valence-corrected chi connectivity index (χ1v) is 8.96. The van der Waals surface area contributed by atoms with Crippen molar-refractivity contribution in [2.75, 3.05) is 0 Å². The molecule has 0 bridgehead atoms. The molecule has 0 aromatic carbocycles. The molecular weight excluding hydrogens is 388 g/mol. The molecule has 10 heteroatoms. The van der Waals surface area contributed by atoms with Gasteiger partial charge in [0.2, 0.25) is 0 Å². The van der Waals surface area contributed by atoms with E-state index >= 15 is 0 Å². The van der Waals surface area contributed by atoms with Crippen molar-refractivity contribution in [2.45, 2.75) is 25.3 Å². The largest absolute Gasteiger partial charge is 0.267 e. The van der Waals surface area contributed by atoms with Gasteiger partial charge in [-0.1, -0.05) is 0 Å². The lowest BCUT2D eigenvalue weighted by Gasteiger charge is -2.10. The maximum Gasteiger partial charge on any atom is 0.256 e. The Bertz CT molecular complexity index is 1290. The molecule has 29 heavy (non-hydrogen) atoms. The minimum absolute atomic E-state index is 0.0464. The van der Waals surface area contributed by atoms with Crippen molar-refractivity contribution in [3.8, 4) is 22.5 Å². The first-order valence-electron chi connectivity index (χ1n) is 8.96. The minimum Gasteiger partial charge on any atom is -0.267 e. The molecule has 0 amide bonds. The maximum atomic E-state index is 15.0. The zero-order valence-corrected chi connectivity index (χ0v) is 14.8. The monoisotopic (exact) mass is 400 g/mol. The van der Waals surface area contributed by atoms with Crippen molar-refractivity contribution in [1.29, 1.82) is 0 Å². The number of fused-ring (bicyclic) bond motifs is 2. The lowest BCUT2D eigenvalue weighted by atomic mass is 9.94. The molecule has 5 heterocycles. The Kier molecular flexibility index (Phi) is 2.98. The SMILES string of the molecule is Fc1ccc(-c2nn3c(c2-c2c(F)cnc4[nH]ncc24)CC2(C3)CC2(F)F)nc1. The Morgan fingerprint density at radius 2 is 1.86 bits per heavy atom. The number of aromatic nitrogens is 6. The maximum absolute atomic E-state index is 15.0. The average molecular weight is 400 g/mol. The molecule has 4 aromatic heterocycles. The van der Waals surface area contributed by atoms with Crippen molar-refractivity contribution in [2.24, 2.45) is 5.41 Å². The average Bonchev–Trinajstić information content (AvgIpc) is 3.12. The highest BCUT2D eigenvalue weighted by molar-refractivity contribution is 5.97. The van der Waals surface area contributed by atoms with Crippen LogP contribution in [0.2, 0.25) is 0 Å². The number of nitrogens with one attached hydrogen (secondary N) is 1. The van der Waals surface area contributed by atoms with Crippen molar-refractivity contribution in [3.05, 3.63) is 48.1 Å². The number of hydrogen-bond donors (Lipinski definition) is 1. The molecule has 1 aliphatic heterocycles. The van der Waals surface area contributed by atoms with Gasteiger partial charge in [-0.15, -0.1) is 0 Å². The highest BCUT2D eigenvalue weighted by atomic mass is 19.3. The van der Waals surface area contributed by atoms with Crippen LogP contribution in [0.25, 0.3) is 33.5 Å². The summed E-state index contributed by atoms with van der Waals surface area (Å²) in [5.41, 5.74) is 0.888. The van der Waals surface area contributed by atoms with Crippen LogP contribution in [-0.4, -0.2) is 35.9 Å². The Balaban J connectivity index is 1.63. The zero-order chi connectivity index (χ0) is 20.0. The quantitative estimate of drug-likeness (QED) is 0.521. The third kappa shape index (κ3) is 2.16. The van der Waals surface area contributed by atoms with Gasteiger partial charge in [-0.25, -0.2) is 22.5 Å². The molecule has 6 nitrogen and oxygen atoms in total. The summed E-state index contributed by atoms with van der Waals surface area (Å²) >= 11 is 0. The lowest BCUT2D eigenvalue weighted by Crippen LogP contribution is -2.13. The molecule has 1 fully saturated rings. The first kappa shape index (κ1) is 16.6. The third-order valence-corrected chi connectivity index (χ3v) is 5.88. The fraction of sp³-hybridized carbons (Fsp3) is 0.263. The molecule has 146 valence electrons. The first-order chi connectivity index (χ1) is 13.9. The number of H-pyrrole nitrogens is 1. The Labute approximate surface area is 160 Å². The van der Waals surface area contributed by atoms with Crippen LogP contribution in [0.3, 0.4) is 0 Å². The van der Waals surface area contributed by atoms with Gasteiger partial charge in [-0.2, -0.15) is 10.2 Å². The number of nitrogens with zero attached hydrogens (tertiary/aromatic N) is 5. The van der Waals surface area contributed by atoms with Gasteiger partial charge in [-0.05, 0) is 12.1 Å². The van der Waals surface area contributed by atoms with Crippen LogP contribution >= 0.6 is 0 Å². The van der Waals surface area contributed by atoms with Gasteiger partial charge in [0, 0.05) is 35.0 Å². The molecule has 1 atom stereocenters. The number of rotatable bonds is 2. The van der Waals surface area contributed by atoms with E-state index in [9.17, 15) is 17.6 Å². The van der Waals surface area contributed by atoms with Crippen LogP contribution in [0.15, 0.2) is 30.7 Å². The topological polar surface area (TPSA) is 72.3 Å². The molecular formula is C19H12F4N6. The van der Waals surface area contributed by atoms with E-state index < -0.39 is 23.0 Å². The predicted octanol–water partition coefficient (Wildman–Crippen LogP) is 3.74. The Morgan fingerprint density at radius 1 is 1.03 bits per heavy atom. The number of pyridine rings is 2. The summed E-state index contributed by atoms with van der Waals surface area (Å²) in [6, 6.07) is 2.66. The highest BCUT2D eigenvalue weighted by Gasteiger charge is 2.73. The number of halogens is 4. The van der Waals surface area contributed by atoms with E-state index in [1.54, 1.807) is 0 Å². The Morgan fingerprint density at radius 3 is 2.59 bits per heavy atom. The van der Waals surface area contributed by atoms with E-state index in [1.165, 1.54) is 23.0 Å². The van der Waals surface area contributed by atoms with E-state index in [1.807, 2.05) is 0 Å². The van der Waals surface area contributed by atoms with Gasteiger partial charge in [0.1, 0.15) is 17.3 Å². The van der Waals surface area contributed by atoms with E-state index in [0.29, 0.717) is 33.7 Å². The van der Waals surface area contributed by atoms with Gasteiger partial charge < -0.3 is 0 Å². The second kappa shape index (κ2) is 5.19. The molecule has 1 spiro atoms. The van der Waals surface area contributed by atoms with Crippen LogP contribution in [0.4, 0.5) is 17.6 Å². The Hall–Kier alpha value is -3.30. The normalized spacial score (nSPS) is 21.8. The molecule has 1 saturated carbocycles. The minimum atomic E-state index is -2.76. The van der Waals surface area contributed by atoms with Gasteiger partial charge in [0.25, 0.3) is 5.92 Å². The van der Waals surface area contributed by atoms with E-state index in [-0.39, 0.29) is 24.9 Å². The zero-order valence-electron chi connectivity index (χ0n) is 14.8. The molecule has 0 saturated heterocycles. The van der Waals surface area contributed by atoms with Crippen LogP contribution in [-0.2, 0) is 13.0 Å². The van der Waals surface area contributed by atoms with Crippen molar-refractivity contribution in [1.82, 2.24) is 29.9 Å². The lowest BCUT2D eigenvalue weighted by molar-refractivity contribution is 0.0630. The summed E-state index contributed by atoms with van der Waals surface area (Å²) in [6.45, 7) is 0.0464. The van der Waals surface area contributed by atoms with Gasteiger partial charge >= 0.3 is 0 Å². The third-order valence-electron chi connectivity index (χ3n) is 5.88. The smallest absolute Gasteiger partial charge is 0.256 e. The van der Waals surface area contributed by atoms with Crippen LogP contribution < -0.4 is 0 Å². The molecule has 6 rings (SSSR count). The van der Waals surface area contributed by atoms with Crippen LogP contribution in [0.5, 0.6) is 0 Å². The summed E-state index contributed by atoms with van der Waals surface area (Å²) < 4.78 is 57.9. The fourth-order valence-electron chi connectivity index (χ4n) is 4.30. The summed E-state index contributed by atoms with van der Waals surface area (Å²) in [6.07, 6.45) is 3.38. The van der Waals surface area contributed by atoms with Crippen LogP contribution in [0.1, 0.15) is 12.1 Å². The molecule has 2 aliphatic rings. The van der Waals surface area contributed by atoms with Gasteiger partial charge in [-0.3, -0.25) is 14.8 Å². The molecule has 4 aromatic rings. The van der Waals surface area contributed by atoms with Crippen molar-refractivity contribution < 1.29 is 17.6 Å². The predicted molar refractivity (Wildman–Crippen MR) is 94.0 cm³/mol. The molecule has 0 radical (unpaired) electrons. The summed E-state index contributed by atoms with van der Waals surface area (Å²) in [4.78, 5) is 8.04. The van der Waals surface area contributed by atoms with E-state index in [4.69, 9.17) is 0 Å². The van der Waals surface area contributed by atoms with Crippen molar-refractivity contribution >= 4 is 11.0 Å². The van der Waals surface area contributed by atoms with Gasteiger partial charge in [0.15, 0.2) is 5.65 Å². The van der Waals surface area contributed by atoms with Gasteiger partial charge in [0.05, 0.1) is 36.2 Å². The summed E-state index contributed by atoms with van der Waals surface area (Å²) in [5.74, 6) is -3.91. The van der Waals surface area contributed by atoms with E-state index in [0.717, 1.165) is 12.4 Å². The molecule has 1 unspecified atom stereocenters. The molecule has 1 N–H and O–H groups in total. The van der Waals surface area contributed by atoms with E-state index in [2.05, 4.69) is 25.3 Å². The second-order valence-corrected chi connectivity index (χ2v) is 7.64. The highest BCUT2D eigenvalue weighted by Crippen LogP contribution is 2.66. The second-order valence-electron chi connectivity index (χ2n) is 7.64. The molecule has 1 aliphatic carbocycles. The number of hydrogen-bond acceptors (Lipinski definition) is 4. The number of alkyl halides is 2. The van der Waals surface area contributed by atoms with Crippen molar-refractivity contribution in [3.63, 3.8) is 0 Å². The fourth-order valence-corrected chi connectivity index (χ4v) is 4.30. The number of aromatic amines is 1. The standard InChI is InChI=1S/C19H12F4N6/c20-9-1-2-12(24-4-9)16-15(14-10-5-26-27-17(10)25-6-11(14)21)13-3-18(7-19(18,22)23)8-29(13)28-16/h1-2,4-6H,3,7-8H2,(H,25,26,27). The van der Waals surface area contributed by atoms with Crippen LogP contribution in [0, 0.1) is 17.0 Å². The summed E-state index contributed by atoms with van der Waals surface area (Å²) in [7, 11) is 0. The summed E-state index contributed by atoms with van der Waals surface area (Å²) in [5, 5.41) is 11.5.